The number of H-pyrrole nitrogens is 1. The molecular formula is C11H12N2O3. The average Bonchev–Trinajstić information content (AvgIpc) is 2.76. The number of esters is 1. The summed E-state index contributed by atoms with van der Waals surface area (Å²) in [4.78, 5) is 18.6. The highest BCUT2D eigenvalue weighted by Crippen LogP contribution is 2.12. The molecule has 0 unspecified atom stereocenters. The average molecular weight is 220 g/mol. The number of rotatable bonds is 4. The molecule has 0 amide bonds. The minimum Gasteiger partial charge on any atom is -0.460 e. The standard InChI is InChI=1S/C11H12N2O3/c1-15-4-5-16-11(14)8-2-3-9-10(6-8)13-7-12-9/h2-3,6-7H,4-5H2,1H3,(H,12,13). The van der Waals surface area contributed by atoms with Crippen LogP contribution in [0.5, 0.6) is 0 Å². The van der Waals surface area contributed by atoms with Crippen LogP contribution in [0.15, 0.2) is 24.5 Å². The Morgan fingerprint density at radius 1 is 1.44 bits per heavy atom. The molecule has 1 aromatic heterocycles. The van der Waals surface area contributed by atoms with E-state index in [0.717, 1.165) is 11.0 Å². The third kappa shape index (κ3) is 2.20. The lowest BCUT2D eigenvalue weighted by Crippen LogP contribution is -2.09. The molecule has 0 aliphatic carbocycles. The molecule has 0 aliphatic rings. The molecule has 84 valence electrons. The number of imidazole rings is 1. The summed E-state index contributed by atoms with van der Waals surface area (Å²) in [5, 5.41) is 0. The van der Waals surface area contributed by atoms with Crippen molar-refractivity contribution in [3.8, 4) is 0 Å². The van der Waals surface area contributed by atoms with Crippen molar-refractivity contribution in [2.24, 2.45) is 0 Å². The molecule has 0 radical (unpaired) electrons. The van der Waals surface area contributed by atoms with E-state index in [4.69, 9.17) is 9.47 Å². The SMILES string of the molecule is COCCOC(=O)c1ccc2nc[nH]c2c1. The van der Waals surface area contributed by atoms with Crippen LogP contribution in [0.25, 0.3) is 11.0 Å². The van der Waals surface area contributed by atoms with Gasteiger partial charge in [-0.05, 0) is 18.2 Å². The molecule has 5 nitrogen and oxygen atoms in total. The van der Waals surface area contributed by atoms with Gasteiger partial charge in [0.2, 0.25) is 0 Å². The van der Waals surface area contributed by atoms with Crippen molar-refractivity contribution in [1.82, 2.24) is 9.97 Å². The highest BCUT2D eigenvalue weighted by Gasteiger charge is 2.08. The number of carbonyl (C=O) groups is 1. The maximum atomic E-state index is 11.6. The van der Waals surface area contributed by atoms with Gasteiger partial charge < -0.3 is 14.5 Å². The first-order valence-corrected chi connectivity index (χ1v) is 4.90. The van der Waals surface area contributed by atoms with Crippen molar-refractivity contribution in [1.29, 1.82) is 0 Å². The molecule has 0 saturated heterocycles. The fraction of sp³-hybridized carbons (Fsp3) is 0.273. The number of fused-ring (bicyclic) bond motifs is 1. The Bertz CT molecular complexity index is 493. The van der Waals surface area contributed by atoms with Gasteiger partial charge in [-0.25, -0.2) is 9.78 Å². The van der Waals surface area contributed by atoms with E-state index >= 15 is 0 Å². The fourth-order valence-electron chi connectivity index (χ4n) is 1.36. The van der Waals surface area contributed by atoms with Crippen LogP contribution in [0.1, 0.15) is 10.4 Å². The summed E-state index contributed by atoms with van der Waals surface area (Å²) in [7, 11) is 1.56. The zero-order chi connectivity index (χ0) is 11.4. The lowest BCUT2D eigenvalue weighted by atomic mass is 10.2. The quantitative estimate of drug-likeness (QED) is 0.624. The third-order valence-corrected chi connectivity index (χ3v) is 2.18. The molecular weight excluding hydrogens is 208 g/mol. The Kier molecular flexibility index (Phi) is 3.16. The molecule has 1 N–H and O–H groups in total. The van der Waals surface area contributed by atoms with Crippen molar-refractivity contribution < 1.29 is 14.3 Å². The van der Waals surface area contributed by atoms with Crippen molar-refractivity contribution >= 4 is 17.0 Å². The Morgan fingerprint density at radius 2 is 2.31 bits per heavy atom. The van der Waals surface area contributed by atoms with Gasteiger partial charge in [0, 0.05) is 7.11 Å². The summed E-state index contributed by atoms with van der Waals surface area (Å²) in [5.74, 6) is -0.353. The molecule has 16 heavy (non-hydrogen) atoms. The van der Waals surface area contributed by atoms with Crippen molar-refractivity contribution in [3.63, 3.8) is 0 Å². The summed E-state index contributed by atoms with van der Waals surface area (Å²) >= 11 is 0. The summed E-state index contributed by atoms with van der Waals surface area (Å²) in [6, 6.07) is 5.19. The second kappa shape index (κ2) is 4.76. The van der Waals surface area contributed by atoms with E-state index in [1.165, 1.54) is 0 Å². The van der Waals surface area contributed by atoms with Gasteiger partial charge in [0.1, 0.15) is 6.61 Å². The predicted octanol–water partition coefficient (Wildman–Crippen LogP) is 1.37. The highest BCUT2D eigenvalue weighted by molar-refractivity contribution is 5.93. The van der Waals surface area contributed by atoms with Gasteiger partial charge in [0.25, 0.3) is 0 Å². The van der Waals surface area contributed by atoms with Crippen LogP contribution in [0.3, 0.4) is 0 Å². The van der Waals surface area contributed by atoms with Crippen LogP contribution in [-0.4, -0.2) is 36.3 Å². The number of nitrogens with zero attached hydrogens (tertiary/aromatic N) is 1. The maximum Gasteiger partial charge on any atom is 0.338 e. The van der Waals surface area contributed by atoms with Crippen LogP contribution in [0, 0.1) is 0 Å². The number of methoxy groups -OCH3 is 1. The molecule has 0 bridgehead atoms. The second-order valence-corrected chi connectivity index (χ2v) is 3.26. The molecule has 5 heteroatoms. The Hall–Kier alpha value is -1.88. The van der Waals surface area contributed by atoms with E-state index in [0.29, 0.717) is 12.2 Å². The van der Waals surface area contributed by atoms with Gasteiger partial charge in [0.15, 0.2) is 0 Å². The summed E-state index contributed by atoms with van der Waals surface area (Å²) < 4.78 is 9.79. The largest absolute Gasteiger partial charge is 0.460 e. The molecule has 1 heterocycles. The first-order chi connectivity index (χ1) is 7.81. The Labute approximate surface area is 92.4 Å². The molecule has 1 aromatic carbocycles. The lowest BCUT2D eigenvalue weighted by molar-refractivity contribution is 0.0388. The number of aromatic amines is 1. The number of hydrogen-bond acceptors (Lipinski definition) is 4. The van der Waals surface area contributed by atoms with Gasteiger partial charge in [-0.15, -0.1) is 0 Å². The molecule has 0 saturated carbocycles. The minimum absolute atomic E-state index is 0.260. The number of carbonyl (C=O) groups excluding carboxylic acids is 1. The van der Waals surface area contributed by atoms with Crippen molar-refractivity contribution in [2.75, 3.05) is 20.3 Å². The number of benzene rings is 1. The van der Waals surface area contributed by atoms with Crippen LogP contribution in [-0.2, 0) is 9.47 Å². The molecule has 0 aliphatic heterocycles. The van der Waals surface area contributed by atoms with E-state index in [1.54, 1.807) is 31.6 Å². The normalized spacial score (nSPS) is 10.6. The predicted molar refractivity (Wildman–Crippen MR) is 58.3 cm³/mol. The van der Waals surface area contributed by atoms with Crippen LogP contribution in [0.2, 0.25) is 0 Å². The molecule has 0 spiro atoms. The Balaban J connectivity index is 2.10. The van der Waals surface area contributed by atoms with Gasteiger partial charge in [0.05, 0.1) is 29.5 Å². The molecule has 2 rings (SSSR count). The highest BCUT2D eigenvalue weighted by atomic mass is 16.6. The Morgan fingerprint density at radius 3 is 3.12 bits per heavy atom. The molecule has 0 fully saturated rings. The number of hydrogen-bond donors (Lipinski definition) is 1. The van der Waals surface area contributed by atoms with Gasteiger partial charge in [-0.2, -0.15) is 0 Å². The molecule has 0 atom stereocenters. The van der Waals surface area contributed by atoms with E-state index in [9.17, 15) is 4.79 Å². The summed E-state index contributed by atoms with van der Waals surface area (Å²) in [6.45, 7) is 0.661. The monoisotopic (exact) mass is 220 g/mol. The van der Waals surface area contributed by atoms with Crippen LogP contribution >= 0.6 is 0 Å². The van der Waals surface area contributed by atoms with E-state index in [-0.39, 0.29) is 12.6 Å². The molecule has 2 aromatic rings. The van der Waals surface area contributed by atoms with E-state index < -0.39 is 0 Å². The van der Waals surface area contributed by atoms with E-state index in [1.807, 2.05) is 0 Å². The number of aromatic nitrogens is 2. The van der Waals surface area contributed by atoms with Crippen LogP contribution < -0.4 is 0 Å². The first-order valence-electron chi connectivity index (χ1n) is 4.90. The lowest BCUT2D eigenvalue weighted by Gasteiger charge is -2.03. The minimum atomic E-state index is -0.353. The van der Waals surface area contributed by atoms with Crippen molar-refractivity contribution in [3.05, 3.63) is 30.1 Å². The maximum absolute atomic E-state index is 11.6. The van der Waals surface area contributed by atoms with Gasteiger partial charge >= 0.3 is 5.97 Å². The second-order valence-electron chi connectivity index (χ2n) is 3.26. The smallest absolute Gasteiger partial charge is 0.338 e. The zero-order valence-electron chi connectivity index (χ0n) is 8.90. The summed E-state index contributed by atoms with van der Waals surface area (Å²) in [6.07, 6.45) is 1.59. The van der Waals surface area contributed by atoms with Gasteiger partial charge in [-0.3, -0.25) is 0 Å². The first kappa shape index (κ1) is 10.6. The zero-order valence-corrected chi connectivity index (χ0v) is 8.90. The van der Waals surface area contributed by atoms with Gasteiger partial charge in [-0.1, -0.05) is 0 Å². The topological polar surface area (TPSA) is 64.2 Å². The van der Waals surface area contributed by atoms with Crippen LogP contribution in [0.4, 0.5) is 0 Å². The number of ether oxygens (including phenoxy) is 2. The fourth-order valence-corrected chi connectivity index (χ4v) is 1.36. The summed E-state index contributed by atoms with van der Waals surface area (Å²) in [5.41, 5.74) is 2.16. The van der Waals surface area contributed by atoms with Crippen molar-refractivity contribution in [2.45, 2.75) is 0 Å². The third-order valence-electron chi connectivity index (χ3n) is 2.18. The van der Waals surface area contributed by atoms with E-state index in [2.05, 4.69) is 9.97 Å². The number of nitrogens with one attached hydrogen (secondary N) is 1.